The van der Waals surface area contributed by atoms with Crippen molar-refractivity contribution in [2.75, 3.05) is 32.4 Å². The van der Waals surface area contributed by atoms with Crippen LogP contribution in [0.2, 0.25) is 0 Å². The van der Waals surface area contributed by atoms with E-state index < -0.39 is 25.8 Å². The van der Waals surface area contributed by atoms with Crippen molar-refractivity contribution < 1.29 is 21.6 Å². The molecule has 1 aliphatic rings. The summed E-state index contributed by atoms with van der Waals surface area (Å²) in [6.07, 6.45) is 3.20. The van der Waals surface area contributed by atoms with E-state index >= 15 is 0 Å². The van der Waals surface area contributed by atoms with Crippen LogP contribution < -0.4 is 11.1 Å². The molecule has 1 amide bonds. The predicted octanol–water partition coefficient (Wildman–Crippen LogP) is -1.04. The zero-order valence-electron chi connectivity index (χ0n) is 13.9. The maximum absolute atomic E-state index is 12.7. The topological polar surface area (TPSA) is 140 Å². The van der Waals surface area contributed by atoms with E-state index in [4.69, 9.17) is 5.73 Å². The highest BCUT2D eigenvalue weighted by atomic mass is 32.2. The normalized spacial score (nSPS) is 19.5. The van der Waals surface area contributed by atoms with Crippen molar-refractivity contribution in [2.45, 2.75) is 22.8 Å². The van der Waals surface area contributed by atoms with Gasteiger partial charge in [0.1, 0.15) is 4.90 Å². The fourth-order valence-electron chi connectivity index (χ4n) is 2.60. The van der Waals surface area contributed by atoms with Crippen LogP contribution in [0.25, 0.3) is 0 Å². The Hall–Kier alpha value is -1.56. The molecule has 2 heterocycles. The first kappa shape index (κ1) is 19.8. The number of amides is 1. The van der Waals surface area contributed by atoms with Gasteiger partial charge in [0, 0.05) is 38.6 Å². The van der Waals surface area contributed by atoms with Crippen LogP contribution in [0, 0.1) is 5.92 Å². The monoisotopic (exact) mass is 390 g/mol. The number of carbonyl (C=O) groups is 1. The molecule has 1 unspecified atom stereocenters. The lowest BCUT2D eigenvalue weighted by Crippen LogP contribution is -2.46. The van der Waals surface area contributed by atoms with Crippen LogP contribution in [0.4, 0.5) is 0 Å². The van der Waals surface area contributed by atoms with Gasteiger partial charge in [0.15, 0.2) is 14.9 Å². The third kappa shape index (κ3) is 4.75. The summed E-state index contributed by atoms with van der Waals surface area (Å²) < 4.78 is 49.5. The number of rotatable bonds is 6. The Morgan fingerprint density at radius 1 is 1.36 bits per heavy atom. The Bertz CT molecular complexity index is 821. The number of aromatic nitrogens is 1. The van der Waals surface area contributed by atoms with Gasteiger partial charge in [-0.2, -0.15) is 4.31 Å². The average molecular weight is 390 g/mol. The highest BCUT2D eigenvalue weighted by molar-refractivity contribution is 7.90. The lowest BCUT2D eigenvalue weighted by atomic mass is 9.99. The van der Waals surface area contributed by atoms with Gasteiger partial charge in [0.25, 0.3) is 0 Å². The molecular weight excluding hydrogens is 368 g/mol. The van der Waals surface area contributed by atoms with E-state index in [1.807, 2.05) is 0 Å². The van der Waals surface area contributed by atoms with Crippen LogP contribution in [0.1, 0.15) is 12.8 Å². The second-order valence-corrected chi connectivity index (χ2v) is 9.79. The molecule has 2 rings (SSSR count). The van der Waals surface area contributed by atoms with Gasteiger partial charge in [-0.1, -0.05) is 0 Å². The second-order valence-electron chi connectivity index (χ2n) is 5.89. The van der Waals surface area contributed by atoms with E-state index in [9.17, 15) is 21.6 Å². The molecule has 1 saturated heterocycles. The molecule has 9 nitrogen and oxygen atoms in total. The number of pyridine rings is 1. The smallest absolute Gasteiger partial charge is 0.244 e. The van der Waals surface area contributed by atoms with Crippen molar-refractivity contribution in [3.8, 4) is 0 Å². The minimum atomic E-state index is -3.84. The van der Waals surface area contributed by atoms with Gasteiger partial charge >= 0.3 is 0 Å². The zero-order valence-corrected chi connectivity index (χ0v) is 15.5. The van der Waals surface area contributed by atoms with E-state index in [-0.39, 0.29) is 22.4 Å². The molecule has 25 heavy (non-hydrogen) atoms. The van der Waals surface area contributed by atoms with Crippen LogP contribution in [0.15, 0.2) is 28.3 Å². The number of nitrogens with two attached hydrogens (primary N) is 1. The third-order valence-electron chi connectivity index (χ3n) is 3.93. The molecule has 0 saturated carbocycles. The molecule has 0 radical (unpaired) electrons. The summed E-state index contributed by atoms with van der Waals surface area (Å²) in [6, 6.07) is 2.38. The number of carbonyl (C=O) groups excluding carboxylic acids is 1. The fourth-order valence-corrected chi connectivity index (χ4v) is 4.63. The average Bonchev–Trinajstić information content (AvgIpc) is 2.59. The number of nitrogens with one attached hydrogen (secondary N) is 1. The maximum Gasteiger partial charge on any atom is 0.244 e. The van der Waals surface area contributed by atoms with Crippen molar-refractivity contribution in [1.82, 2.24) is 14.6 Å². The number of hydrogen-bond donors (Lipinski definition) is 2. The lowest BCUT2D eigenvalue weighted by molar-refractivity contribution is -0.126. The first-order valence-corrected chi connectivity index (χ1v) is 11.1. The lowest BCUT2D eigenvalue weighted by Gasteiger charge is -2.31. The predicted molar refractivity (Wildman–Crippen MR) is 90.9 cm³/mol. The van der Waals surface area contributed by atoms with Crippen LogP contribution in [0.3, 0.4) is 0 Å². The molecule has 140 valence electrons. The first-order chi connectivity index (χ1) is 11.7. The molecular formula is C14H22N4O5S2. The number of hydrogen-bond acceptors (Lipinski definition) is 7. The SMILES string of the molecule is CS(=O)(=O)c1ccc(S(=O)(=O)N2CCCC(C(=O)NCCN)C2)cn1. The van der Waals surface area contributed by atoms with Crippen molar-refractivity contribution in [3.05, 3.63) is 18.3 Å². The van der Waals surface area contributed by atoms with Crippen molar-refractivity contribution in [2.24, 2.45) is 11.7 Å². The molecule has 1 fully saturated rings. The van der Waals surface area contributed by atoms with Gasteiger partial charge in [-0.25, -0.2) is 21.8 Å². The van der Waals surface area contributed by atoms with Crippen molar-refractivity contribution in [3.63, 3.8) is 0 Å². The third-order valence-corrected chi connectivity index (χ3v) is 6.78. The minimum Gasteiger partial charge on any atom is -0.355 e. The van der Waals surface area contributed by atoms with E-state index in [0.717, 1.165) is 18.5 Å². The number of piperidine rings is 1. The van der Waals surface area contributed by atoms with Gasteiger partial charge < -0.3 is 11.1 Å². The summed E-state index contributed by atoms with van der Waals surface area (Å²) >= 11 is 0. The molecule has 1 aliphatic heterocycles. The Balaban J connectivity index is 2.17. The van der Waals surface area contributed by atoms with Gasteiger partial charge in [-0.15, -0.1) is 0 Å². The van der Waals surface area contributed by atoms with Gasteiger partial charge in [-0.05, 0) is 25.0 Å². The van der Waals surface area contributed by atoms with E-state index in [0.29, 0.717) is 32.5 Å². The Morgan fingerprint density at radius 2 is 2.08 bits per heavy atom. The zero-order chi connectivity index (χ0) is 18.7. The highest BCUT2D eigenvalue weighted by Gasteiger charge is 2.33. The van der Waals surface area contributed by atoms with Gasteiger partial charge in [0.2, 0.25) is 15.9 Å². The Morgan fingerprint density at radius 3 is 2.64 bits per heavy atom. The second kappa shape index (κ2) is 7.77. The summed E-state index contributed by atoms with van der Waals surface area (Å²) in [5.74, 6) is -0.644. The molecule has 3 N–H and O–H groups in total. The highest BCUT2D eigenvalue weighted by Crippen LogP contribution is 2.24. The molecule has 1 atom stereocenters. The summed E-state index contributed by atoms with van der Waals surface area (Å²) in [7, 11) is -7.34. The molecule has 11 heteroatoms. The molecule has 1 aromatic heterocycles. The van der Waals surface area contributed by atoms with E-state index in [2.05, 4.69) is 10.3 Å². The number of nitrogens with zero attached hydrogens (tertiary/aromatic N) is 2. The van der Waals surface area contributed by atoms with Crippen LogP contribution in [-0.4, -0.2) is 64.5 Å². The Labute approximate surface area is 147 Å². The van der Waals surface area contributed by atoms with Crippen LogP contribution in [0.5, 0.6) is 0 Å². The van der Waals surface area contributed by atoms with Gasteiger partial charge in [0.05, 0.1) is 5.92 Å². The molecule has 0 aliphatic carbocycles. The number of sulfonamides is 1. The summed E-state index contributed by atoms with van der Waals surface area (Å²) in [5, 5.41) is 2.48. The fraction of sp³-hybridized carbons (Fsp3) is 0.571. The summed E-state index contributed by atoms with van der Waals surface area (Å²) in [6.45, 7) is 1.04. The summed E-state index contributed by atoms with van der Waals surface area (Å²) in [4.78, 5) is 15.7. The molecule has 0 bridgehead atoms. The summed E-state index contributed by atoms with van der Waals surface area (Å²) in [5.41, 5.74) is 5.35. The molecule has 0 aromatic carbocycles. The Kier molecular flexibility index (Phi) is 6.14. The van der Waals surface area contributed by atoms with E-state index in [1.165, 1.54) is 10.4 Å². The minimum absolute atomic E-state index is 0.0760. The molecule has 1 aromatic rings. The first-order valence-electron chi connectivity index (χ1n) is 7.80. The number of sulfone groups is 1. The van der Waals surface area contributed by atoms with E-state index in [1.54, 1.807) is 0 Å². The van der Waals surface area contributed by atoms with Gasteiger partial charge in [-0.3, -0.25) is 4.79 Å². The quantitative estimate of drug-likeness (QED) is 0.632. The largest absolute Gasteiger partial charge is 0.355 e. The van der Waals surface area contributed by atoms with Crippen molar-refractivity contribution >= 4 is 25.8 Å². The van der Waals surface area contributed by atoms with Crippen LogP contribution in [-0.2, 0) is 24.7 Å². The molecule has 0 spiro atoms. The maximum atomic E-state index is 12.7. The van der Waals surface area contributed by atoms with Crippen molar-refractivity contribution in [1.29, 1.82) is 0 Å². The standard InChI is InChI=1S/C14H22N4O5S2/c1-24(20,21)13-5-4-12(9-17-13)25(22,23)18-8-2-3-11(10-18)14(19)16-7-6-15/h4-5,9,11H,2-3,6-8,10,15H2,1H3,(H,16,19). The van der Waals surface area contributed by atoms with Crippen LogP contribution >= 0.6 is 0 Å².